The van der Waals surface area contributed by atoms with Crippen molar-refractivity contribution in [2.24, 2.45) is 5.73 Å². The molecule has 0 spiro atoms. The Balaban J connectivity index is 2.71. The van der Waals surface area contributed by atoms with Gasteiger partial charge in [0.2, 0.25) is 0 Å². The molecule has 0 aliphatic heterocycles. The Morgan fingerprint density at radius 1 is 1.17 bits per heavy atom. The number of hydrogen-bond acceptors (Lipinski definition) is 2. The Morgan fingerprint density at radius 2 is 1.67 bits per heavy atom. The third kappa shape index (κ3) is 4.44. The van der Waals surface area contributed by atoms with Gasteiger partial charge in [-0.2, -0.15) is 0 Å². The number of amides is 2. The molecule has 0 atom stereocenters. The molecule has 0 heterocycles. The molecule has 0 aromatic carbocycles. The van der Waals surface area contributed by atoms with Crippen molar-refractivity contribution in [2.45, 2.75) is 70.4 Å². The van der Waals surface area contributed by atoms with Gasteiger partial charge in [0.05, 0.1) is 10.5 Å². The molecule has 104 valence electrons. The number of hydrogen-bond donors (Lipinski definition) is 3. The molecule has 1 saturated carbocycles. The molecule has 0 radical (unpaired) electrons. The van der Waals surface area contributed by atoms with Crippen molar-refractivity contribution in [3.8, 4) is 0 Å². The van der Waals surface area contributed by atoms with E-state index in [0.29, 0.717) is 4.99 Å². The minimum atomic E-state index is -0.491. The fraction of sp³-hybridized carbons (Fsp3) is 0.846. The van der Waals surface area contributed by atoms with Crippen LogP contribution < -0.4 is 16.4 Å². The largest absolute Gasteiger partial charge is 0.391 e. The van der Waals surface area contributed by atoms with Gasteiger partial charge in [-0.15, -0.1) is 0 Å². The molecule has 2 amide bonds. The first-order chi connectivity index (χ1) is 8.46. The maximum Gasteiger partial charge on any atom is 0.315 e. The lowest BCUT2D eigenvalue weighted by Crippen LogP contribution is -2.59. The zero-order valence-corrected chi connectivity index (χ0v) is 12.2. The highest BCUT2D eigenvalue weighted by Crippen LogP contribution is 2.26. The number of urea groups is 1. The zero-order valence-electron chi connectivity index (χ0n) is 11.4. The predicted molar refractivity (Wildman–Crippen MR) is 78.6 cm³/mol. The van der Waals surface area contributed by atoms with Crippen LogP contribution in [-0.4, -0.2) is 22.6 Å². The molecule has 4 N–H and O–H groups in total. The maximum atomic E-state index is 11.9. The van der Waals surface area contributed by atoms with Gasteiger partial charge in [-0.1, -0.05) is 44.3 Å². The fourth-order valence-corrected chi connectivity index (χ4v) is 2.71. The highest BCUT2D eigenvalue weighted by atomic mass is 32.1. The van der Waals surface area contributed by atoms with Crippen molar-refractivity contribution in [3.05, 3.63) is 0 Å². The van der Waals surface area contributed by atoms with E-state index in [4.69, 9.17) is 18.0 Å². The predicted octanol–water partition coefficient (Wildman–Crippen LogP) is 2.46. The summed E-state index contributed by atoms with van der Waals surface area (Å²) in [4.78, 5) is 12.3. The van der Waals surface area contributed by atoms with Gasteiger partial charge in [-0.05, 0) is 26.7 Å². The van der Waals surface area contributed by atoms with Crippen molar-refractivity contribution >= 4 is 23.2 Å². The van der Waals surface area contributed by atoms with Crippen LogP contribution in [0.5, 0.6) is 0 Å². The average Bonchev–Trinajstić information content (AvgIpc) is 2.20. The third-order valence-corrected chi connectivity index (χ3v) is 3.84. The molecule has 18 heavy (non-hydrogen) atoms. The molecule has 0 unspecified atom stereocenters. The molecule has 1 rings (SSSR count). The van der Waals surface area contributed by atoms with E-state index in [1.54, 1.807) is 0 Å². The summed E-state index contributed by atoms with van der Waals surface area (Å²) < 4.78 is 0. The van der Waals surface area contributed by atoms with Gasteiger partial charge < -0.3 is 16.4 Å². The molecule has 4 nitrogen and oxygen atoms in total. The van der Waals surface area contributed by atoms with Crippen LogP contribution in [0.3, 0.4) is 0 Å². The molecule has 1 fully saturated rings. The molecular formula is C13H25N3OS. The Labute approximate surface area is 115 Å². The SMILES string of the molecule is CC(C)NC(=O)NC1(C(N)=S)CCCCCCC1. The second kappa shape index (κ2) is 6.92. The van der Waals surface area contributed by atoms with Crippen molar-refractivity contribution in [1.29, 1.82) is 0 Å². The number of carbonyl (C=O) groups excluding carboxylic acids is 1. The summed E-state index contributed by atoms with van der Waals surface area (Å²) in [5.41, 5.74) is 5.40. The molecule has 0 saturated heterocycles. The van der Waals surface area contributed by atoms with Gasteiger partial charge >= 0.3 is 6.03 Å². The van der Waals surface area contributed by atoms with E-state index in [-0.39, 0.29) is 12.1 Å². The lowest BCUT2D eigenvalue weighted by atomic mass is 9.84. The molecule has 0 aromatic rings. The van der Waals surface area contributed by atoms with E-state index >= 15 is 0 Å². The molecule has 1 aliphatic carbocycles. The summed E-state index contributed by atoms with van der Waals surface area (Å²) in [6.07, 6.45) is 7.50. The van der Waals surface area contributed by atoms with Crippen LogP contribution in [0, 0.1) is 0 Å². The lowest BCUT2D eigenvalue weighted by molar-refractivity contribution is 0.225. The fourth-order valence-electron chi connectivity index (χ4n) is 2.46. The summed E-state index contributed by atoms with van der Waals surface area (Å²) in [5, 5.41) is 5.86. The first kappa shape index (κ1) is 15.2. The number of thiocarbonyl (C=S) groups is 1. The van der Waals surface area contributed by atoms with Crippen LogP contribution in [0.1, 0.15) is 58.8 Å². The van der Waals surface area contributed by atoms with Gasteiger partial charge in [0.1, 0.15) is 0 Å². The minimum absolute atomic E-state index is 0.113. The minimum Gasteiger partial charge on any atom is -0.391 e. The van der Waals surface area contributed by atoms with Crippen molar-refractivity contribution in [3.63, 3.8) is 0 Å². The van der Waals surface area contributed by atoms with E-state index in [2.05, 4.69) is 10.6 Å². The van der Waals surface area contributed by atoms with Gasteiger partial charge in [-0.3, -0.25) is 0 Å². The van der Waals surface area contributed by atoms with E-state index in [1.165, 1.54) is 19.3 Å². The van der Waals surface area contributed by atoms with Crippen LogP contribution in [0.4, 0.5) is 4.79 Å². The molecule has 5 heteroatoms. The molecule has 0 bridgehead atoms. The summed E-state index contributed by atoms with van der Waals surface area (Å²) in [6, 6.07) is -0.0553. The van der Waals surface area contributed by atoms with Crippen molar-refractivity contribution < 1.29 is 4.79 Å². The van der Waals surface area contributed by atoms with Crippen molar-refractivity contribution in [2.75, 3.05) is 0 Å². The standard InChI is InChI=1S/C13H25N3OS/c1-10(2)15-12(17)16-13(11(14)18)8-6-4-3-5-7-9-13/h10H,3-9H2,1-2H3,(H2,14,18)(H2,15,16,17). The smallest absolute Gasteiger partial charge is 0.315 e. The number of nitrogens with one attached hydrogen (secondary N) is 2. The Morgan fingerprint density at radius 3 is 2.11 bits per heavy atom. The van der Waals surface area contributed by atoms with E-state index in [1.807, 2.05) is 13.8 Å². The number of nitrogens with two attached hydrogens (primary N) is 1. The summed E-state index contributed by atoms with van der Waals surface area (Å²) >= 11 is 5.20. The molecular weight excluding hydrogens is 246 g/mol. The van der Waals surface area contributed by atoms with Crippen molar-refractivity contribution in [1.82, 2.24) is 10.6 Å². The highest BCUT2D eigenvalue weighted by Gasteiger charge is 2.35. The Hall–Kier alpha value is -0.840. The normalized spacial score (nSPS) is 19.7. The molecule has 0 aromatic heterocycles. The van der Waals surface area contributed by atoms with Gasteiger partial charge in [-0.25, -0.2) is 4.79 Å². The number of rotatable bonds is 3. The van der Waals surface area contributed by atoms with E-state index in [0.717, 1.165) is 25.7 Å². The van der Waals surface area contributed by atoms with Gasteiger partial charge in [0.15, 0.2) is 0 Å². The average molecular weight is 271 g/mol. The second-order valence-corrected chi connectivity index (χ2v) is 5.91. The second-order valence-electron chi connectivity index (χ2n) is 5.47. The van der Waals surface area contributed by atoms with Gasteiger partial charge in [0, 0.05) is 6.04 Å². The van der Waals surface area contributed by atoms with Crippen LogP contribution in [0.25, 0.3) is 0 Å². The number of carbonyl (C=O) groups is 1. The lowest BCUT2D eigenvalue weighted by Gasteiger charge is -2.35. The molecule has 1 aliphatic rings. The first-order valence-electron chi connectivity index (χ1n) is 6.85. The summed E-state index contributed by atoms with van der Waals surface area (Å²) in [5.74, 6) is 0. The summed E-state index contributed by atoms with van der Waals surface area (Å²) in [7, 11) is 0. The maximum absolute atomic E-state index is 11.9. The Kier molecular flexibility index (Phi) is 5.85. The summed E-state index contributed by atoms with van der Waals surface area (Å²) in [6.45, 7) is 3.87. The third-order valence-electron chi connectivity index (χ3n) is 3.45. The van der Waals surface area contributed by atoms with Crippen LogP contribution >= 0.6 is 12.2 Å². The topological polar surface area (TPSA) is 67.2 Å². The van der Waals surface area contributed by atoms with Crippen LogP contribution in [0.15, 0.2) is 0 Å². The highest BCUT2D eigenvalue weighted by molar-refractivity contribution is 7.80. The monoisotopic (exact) mass is 271 g/mol. The quantitative estimate of drug-likeness (QED) is 0.691. The first-order valence-corrected chi connectivity index (χ1v) is 7.26. The van der Waals surface area contributed by atoms with Crippen LogP contribution in [0.2, 0.25) is 0 Å². The van der Waals surface area contributed by atoms with Gasteiger partial charge in [0.25, 0.3) is 0 Å². The zero-order chi connectivity index (χ0) is 13.6. The van der Waals surface area contributed by atoms with E-state index in [9.17, 15) is 4.79 Å². The Bertz CT molecular complexity index is 297. The van der Waals surface area contributed by atoms with E-state index < -0.39 is 5.54 Å². The van der Waals surface area contributed by atoms with Crippen LogP contribution in [-0.2, 0) is 0 Å².